The number of carboxylic acids is 6. The SMILES string of the molecule is O=C(O)CC(C(=O)O)C(=O)C(=O)O.O=C(O)CC(C(=O)O)C(O)C(=O)O. The van der Waals surface area contributed by atoms with Gasteiger partial charge in [0.1, 0.15) is 11.8 Å². The zero-order chi connectivity index (χ0) is 21.2. The van der Waals surface area contributed by atoms with Crippen molar-refractivity contribution < 1.29 is 69.3 Å². The van der Waals surface area contributed by atoms with Crippen LogP contribution < -0.4 is 0 Å². The van der Waals surface area contributed by atoms with Crippen LogP contribution in [-0.4, -0.2) is 83.4 Å². The number of aliphatic hydroxyl groups is 1. The van der Waals surface area contributed by atoms with Gasteiger partial charge in [0.25, 0.3) is 5.78 Å². The number of ketones is 1. The normalized spacial score (nSPS) is 13.1. The minimum Gasteiger partial charge on any atom is -0.481 e. The quantitative estimate of drug-likeness (QED) is 0.151. The Hall–Kier alpha value is -3.55. The number of carbonyl (C=O) groups is 7. The topological polar surface area (TPSA) is 261 Å². The third-order valence-electron chi connectivity index (χ3n) is 2.55. The summed E-state index contributed by atoms with van der Waals surface area (Å²) < 4.78 is 0. The smallest absolute Gasteiger partial charge is 0.373 e. The van der Waals surface area contributed by atoms with Gasteiger partial charge in [0.15, 0.2) is 6.10 Å². The molecule has 3 atom stereocenters. The predicted molar refractivity (Wildman–Crippen MR) is 73.0 cm³/mol. The summed E-state index contributed by atoms with van der Waals surface area (Å²) in [6.45, 7) is 0. The second-order valence-corrected chi connectivity index (χ2v) is 4.48. The molecule has 0 rings (SSSR count). The first-order valence-corrected chi connectivity index (χ1v) is 6.29. The molecule has 0 aliphatic rings. The van der Waals surface area contributed by atoms with Gasteiger partial charge in [0, 0.05) is 0 Å². The van der Waals surface area contributed by atoms with E-state index in [1.165, 1.54) is 0 Å². The number of aliphatic hydroxyl groups excluding tert-OH is 1. The number of aliphatic carboxylic acids is 6. The highest BCUT2D eigenvalue weighted by molar-refractivity contribution is 6.37. The number of hydrogen-bond donors (Lipinski definition) is 7. The van der Waals surface area contributed by atoms with Crippen LogP contribution in [0.2, 0.25) is 0 Å². The van der Waals surface area contributed by atoms with Gasteiger partial charge in [-0.2, -0.15) is 0 Å². The number of carbonyl (C=O) groups excluding carboxylic acids is 1. The fourth-order valence-corrected chi connectivity index (χ4v) is 1.31. The zero-order valence-electron chi connectivity index (χ0n) is 12.6. The Labute approximate surface area is 142 Å². The van der Waals surface area contributed by atoms with Crippen molar-refractivity contribution in [3.8, 4) is 0 Å². The van der Waals surface area contributed by atoms with E-state index in [1.807, 2.05) is 0 Å². The number of carboxylic acid groups (broad SMARTS) is 6. The number of Topliss-reactive ketones (excluding diaryl/α,β-unsaturated/α-hetero) is 1. The minimum absolute atomic E-state index is 0.928. The van der Waals surface area contributed by atoms with Crippen LogP contribution in [0.15, 0.2) is 0 Å². The molecule has 0 aromatic heterocycles. The lowest BCUT2D eigenvalue weighted by Gasteiger charge is -2.12. The van der Waals surface area contributed by atoms with Crippen molar-refractivity contribution in [1.82, 2.24) is 0 Å². The molecular formula is C12H14O14. The van der Waals surface area contributed by atoms with Crippen LogP contribution in [0.1, 0.15) is 12.8 Å². The third kappa shape index (κ3) is 9.56. The summed E-state index contributed by atoms with van der Waals surface area (Å²) in [7, 11) is 0. The van der Waals surface area contributed by atoms with Gasteiger partial charge in [-0.3, -0.25) is 24.0 Å². The molecule has 0 fully saturated rings. The number of rotatable bonds is 10. The van der Waals surface area contributed by atoms with Crippen LogP contribution in [-0.2, 0) is 33.6 Å². The maximum Gasteiger partial charge on any atom is 0.373 e. The van der Waals surface area contributed by atoms with E-state index in [0.717, 1.165) is 0 Å². The molecule has 0 radical (unpaired) electrons. The van der Waals surface area contributed by atoms with E-state index in [0.29, 0.717) is 0 Å². The lowest BCUT2D eigenvalue weighted by atomic mass is 9.99. The molecule has 0 aromatic carbocycles. The summed E-state index contributed by atoms with van der Waals surface area (Å²) in [6.07, 6.45) is -4.16. The standard InChI is InChI=1S/C6H8O7.C6H6O7/c2*7-3(8)1-2(5(10)11)4(9)6(12)13/h2,4,9H,1H2,(H,7,8)(H,10,11)(H,12,13);2H,1H2,(H,7,8)(H,10,11)(H,12,13). The largest absolute Gasteiger partial charge is 0.481 e. The van der Waals surface area contributed by atoms with Crippen LogP contribution in [0, 0.1) is 11.8 Å². The predicted octanol–water partition coefficient (Wildman–Crippen LogP) is -2.58. The average Bonchev–Trinajstić information content (AvgIpc) is 2.48. The van der Waals surface area contributed by atoms with Crippen LogP contribution in [0.3, 0.4) is 0 Å². The molecule has 14 nitrogen and oxygen atoms in total. The van der Waals surface area contributed by atoms with Gasteiger partial charge in [0.05, 0.1) is 12.8 Å². The molecule has 14 heteroatoms. The zero-order valence-corrected chi connectivity index (χ0v) is 12.6. The molecular weight excluding hydrogens is 368 g/mol. The maximum absolute atomic E-state index is 10.6. The Morgan fingerprint density at radius 1 is 0.615 bits per heavy atom. The van der Waals surface area contributed by atoms with Crippen molar-refractivity contribution >= 4 is 41.6 Å². The first kappa shape index (κ1) is 24.7. The van der Waals surface area contributed by atoms with Gasteiger partial charge >= 0.3 is 35.8 Å². The summed E-state index contributed by atoms with van der Waals surface area (Å²) in [5.41, 5.74) is 0. The van der Waals surface area contributed by atoms with E-state index >= 15 is 0 Å². The van der Waals surface area contributed by atoms with Gasteiger partial charge in [0.2, 0.25) is 0 Å². The fourth-order valence-electron chi connectivity index (χ4n) is 1.31. The summed E-state index contributed by atoms with van der Waals surface area (Å²) in [5.74, 6) is -15.6. The van der Waals surface area contributed by atoms with Crippen LogP contribution in [0.25, 0.3) is 0 Å². The van der Waals surface area contributed by atoms with Crippen molar-refractivity contribution in [2.75, 3.05) is 0 Å². The Balaban J connectivity index is 0. The molecule has 26 heavy (non-hydrogen) atoms. The van der Waals surface area contributed by atoms with Gasteiger partial charge in [-0.15, -0.1) is 0 Å². The molecule has 7 N–H and O–H groups in total. The molecule has 0 aliphatic carbocycles. The van der Waals surface area contributed by atoms with Crippen molar-refractivity contribution in [3.63, 3.8) is 0 Å². The van der Waals surface area contributed by atoms with E-state index in [-0.39, 0.29) is 0 Å². The summed E-state index contributed by atoms with van der Waals surface area (Å²) in [6, 6.07) is 0. The van der Waals surface area contributed by atoms with Gasteiger partial charge < -0.3 is 35.7 Å². The lowest BCUT2D eigenvalue weighted by molar-refractivity contribution is -0.162. The van der Waals surface area contributed by atoms with E-state index in [2.05, 4.69) is 0 Å². The Morgan fingerprint density at radius 2 is 1.04 bits per heavy atom. The first-order valence-electron chi connectivity index (χ1n) is 6.29. The molecule has 0 saturated carbocycles. The van der Waals surface area contributed by atoms with Crippen molar-refractivity contribution in [2.45, 2.75) is 18.9 Å². The molecule has 0 aromatic rings. The van der Waals surface area contributed by atoms with Crippen molar-refractivity contribution in [3.05, 3.63) is 0 Å². The molecule has 0 aliphatic heterocycles. The summed E-state index contributed by atoms with van der Waals surface area (Å²) in [5, 5.41) is 58.1. The van der Waals surface area contributed by atoms with Crippen LogP contribution >= 0.6 is 0 Å². The van der Waals surface area contributed by atoms with E-state index < -0.39 is 72.4 Å². The maximum atomic E-state index is 10.6. The molecule has 0 spiro atoms. The highest BCUT2D eigenvalue weighted by atomic mass is 16.4. The monoisotopic (exact) mass is 382 g/mol. The highest BCUT2D eigenvalue weighted by Crippen LogP contribution is 2.10. The second kappa shape index (κ2) is 11.1. The average molecular weight is 382 g/mol. The number of hydrogen-bond acceptors (Lipinski definition) is 8. The summed E-state index contributed by atoms with van der Waals surface area (Å²) >= 11 is 0. The molecule has 146 valence electrons. The van der Waals surface area contributed by atoms with Crippen LogP contribution in [0.5, 0.6) is 0 Å². The van der Waals surface area contributed by atoms with E-state index in [1.54, 1.807) is 0 Å². The van der Waals surface area contributed by atoms with Crippen LogP contribution in [0.4, 0.5) is 0 Å². The molecule has 0 amide bonds. The third-order valence-corrected chi connectivity index (χ3v) is 2.55. The van der Waals surface area contributed by atoms with Crippen molar-refractivity contribution in [1.29, 1.82) is 0 Å². The first-order chi connectivity index (χ1) is 11.7. The van der Waals surface area contributed by atoms with Crippen molar-refractivity contribution in [2.24, 2.45) is 11.8 Å². The summed E-state index contributed by atoms with van der Waals surface area (Å²) in [4.78, 5) is 71.4. The second-order valence-electron chi connectivity index (χ2n) is 4.48. The Morgan fingerprint density at radius 3 is 1.27 bits per heavy atom. The fraction of sp³-hybridized carbons (Fsp3) is 0.417. The molecule has 0 saturated heterocycles. The molecule has 0 bridgehead atoms. The minimum atomic E-state index is -2.20. The van der Waals surface area contributed by atoms with E-state index in [4.69, 9.17) is 35.7 Å². The van der Waals surface area contributed by atoms with E-state index in [9.17, 15) is 33.6 Å². The molecule has 0 heterocycles. The van der Waals surface area contributed by atoms with Gasteiger partial charge in [-0.25, -0.2) is 9.59 Å². The highest BCUT2D eigenvalue weighted by Gasteiger charge is 2.34. The molecule has 3 unspecified atom stereocenters. The lowest BCUT2D eigenvalue weighted by Crippen LogP contribution is -2.36. The Kier molecular flexibility index (Phi) is 10.5. The van der Waals surface area contributed by atoms with Gasteiger partial charge in [-0.05, 0) is 0 Å². The Bertz CT molecular complexity index is 605. The van der Waals surface area contributed by atoms with Gasteiger partial charge in [-0.1, -0.05) is 0 Å².